The van der Waals surface area contributed by atoms with E-state index in [1.807, 2.05) is 26.0 Å². The molecule has 0 radical (unpaired) electrons. The predicted molar refractivity (Wildman–Crippen MR) is 71.6 cm³/mol. The quantitative estimate of drug-likeness (QED) is 0.847. The molecule has 1 aliphatic carbocycles. The number of nitrogens with zero attached hydrogens (tertiary/aromatic N) is 1. The van der Waals surface area contributed by atoms with Crippen LogP contribution in [0.5, 0.6) is 0 Å². The lowest BCUT2D eigenvalue weighted by Crippen LogP contribution is -2.19. The lowest BCUT2D eigenvalue weighted by atomic mass is 9.99. The number of carbonyl (C=O) groups is 1. The van der Waals surface area contributed by atoms with Gasteiger partial charge in [-0.3, -0.25) is 4.79 Å². The molecule has 0 aromatic heterocycles. The van der Waals surface area contributed by atoms with Crippen molar-refractivity contribution in [2.75, 3.05) is 6.54 Å². The summed E-state index contributed by atoms with van der Waals surface area (Å²) in [5, 5.41) is 21.0. The van der Waals surface area contributed by atoms with Crippen molar-refractivity contribution in [1.29, 1.82) is 5.26 Å². The lowest BCUT2D eigenvalue weighted by molar-refractivity contribution is -0.138. The van der Waals surface area contributed by atoms with Gasteiger partial charge in [-0.05, 0) is 61.6 Å². The summed E-state index contributed by atoms with van der Waals surface area (Å²) in [7, 11) is 0. The summed E-state index contributed by atoms with van der Waals surface area (Å²) < 4.78 is 0. The van der Waals surface area contributed by atoms with Crippen molar-refractivity contribution < 1.29 is 9.90 Å². The number of nitrogens with one attached hydrogen (secondary N) is 1. The third kappa shape index (κ3) is 3.12. The number of hydrogen-bond donors (Lipinski definition) is 2. The average Bonchev–Trinajstić information content (AvgIpc) is 3.12. The van der Waals surface area contributed by atoms with Crippen molar-refractivity contribution >= 4 is 5.97 Å². The smallest absolute Gasteiger partial charge is 0.306 e. The van der Waals surface area contributed by atoms with Gasteiger partial charge in [-0.15, -0.1) is 0 Å². The fourth-order valence-electron chi connectivity index (χ4n) is 2.50. The maximum absolute atomic E-state index is 10.7. The highest BCUT2D eigenvalue weighted by Gasteiger charge is 2.42. The van der Waals surface area contributed by atoms with Gasteiger partial charge in [0.1, 0.15) is 0 Å². The van der Waals surface area contributed by atoms with Gasteiger partial charge in [-0.25, -0.2) is 0 Å². The molecule has 1 aromatic rings. The van der Waals surface area contributed by atoms with Crippen LogP contribution < -0.4 is 5.32 Å². The van der Waals surface area contributed by atoms with E-state index in [0.717, 1.165) is 30.6 Å². The monoisotopic (exact) mass is 258 g/mol. The third-order valence-electron chi connectivity index (χ3n) is 3.77. The van der Waals surface area contributed by atoms with Crippen molar-refractivity contribution in [3.63, 3.8) is 0 Å². The van der Waals surface area contributed by atoms with Crippen LogP contribution in [0.4, 0.5) is 0 Å². The molecule has 100 valence electrons. The predicted octanol–water partition coefficient (Wildman–Crippen LogP) is 1.99. The number of aliphatic carboxylic acids is 1. The van der Waals surface area contributed by atoms with Gasteiger partial charge in [-0.2, -0.15) is 5.26 Å². The van der Waals surface area contributed by atoms with E-state index >= 15 is 0 Å². The van der Waals surface area contributed by atoms with Crippen LogP contribution in [0.3, 0.4) is 0 Å². The molecule has 0 aliphatic heterocycles. The van der Waals surface area contributed by atoms with Crippen LogP contribution in [0.1, 0.15) is 28.7 Å². The zero-order valence-corrected chi connectivity index (χ0v) is 11.2. The maximum Gasteiger partial charge on any atom is 0.306 e. The molecule has 2 atom stereocenters. The van der Waals surface area contributed by atoms with Crippen LogP contribution in [0.2, 0.25) is 0 Å². The minimum Gasteiger partial charge on any atom is -0.481 e. The van der Waals surface area contributed by atoms with Crippen LogP contribution in [-0.2, 0) is 11.3 Å². The van der Waals surface area contributed by atoms with Gasteiger partial charge in [0, 0.05) is 6.54 Å². The Morgan fingerprint density at radius 1 is 1.47 bits per heavy atom. The Labute approximate surface area is 113 Å². The fourth-order valence-corrected chi connectivity index (χ4v) is 2.50. The molecule has 1 fully saturated rings. The molecule has 1 saturated carbocycles. The molecule has 1 aromatic carbocycles. The van der Waals surface area contributed by atoms with Crippen molar-refractivity contribution in [2.45, 2.75) is 26.8 Å². The molecule has 2 N–H and O–H groups in total. The second-order valence-electron chi connectivity index (χ2n) is 5.27. The van der Waals surface area contributed by atoms with Crippen LogP contribution in [0.25, 0.3) is 0 Å². The summed E-state index contributed by atoms with van der Waals surface area (Å²) in [4.78, 5) is 10.7. The van der Waals surface area contributed by atoms with Gasteiger partial charge in [0.05, 0.1) is 17.6 Å². The SMILES string of the molecule is Cc1cc(C#N)cc(C)c1CNC[C@@H]1C[C@@H]1C(=O)O. The number of aryl methyl sites for hydroxylation is 2. The molecule has 0 spiro atoms. The van der Waals surface area contributed by atoms with E-state index in [2.05, 4.69) is 11.4 Å². The molecule has 0 heterocycles. The summed E-state index contributed by atoms with van der Waals surface area (Å²) in [6, 6.07) is 5.93. The van der Waals surface area contributed by atoms with E-state index in [1.54, 1.807) is 0 Å². The number of carboxylic acid groups (broad SMARTS) is 1. The topological polar surface area (TPSA) is 73.1 Å². The molecule has 0 bridgehead atoms. The molecule has 4 nitrogen and oxygen atoms in total. The number of benzene rings is 1. The number of nitriles is 1. The molecule has 0 amide bonds. The standard InChI is InChI=1S/C15H18N2O2/c1-9-3-11(6-16)4-10(2)14(9)8-17-7-12-5-13(12)15(18)19/h3-4,12-13,17H,5,7-8H2,1-2H3,(H,18,19)/t12-,13-/m0/s1. The largest absolute Gasteiger partial charge is 0.481 e. The van der Waals surface area contributed by atoms with Gasteiger partial charge in [-0.1, -0.05) is 0 Å². The first-order chi connectivity index (χ1) is 9.02. The highest BCUT2D eigenvalue weighted by Crippen LogP contribution is 2.37. The Bertz CT molecular complexity index is 523. The molecular formula is C15H18N2O2. The Balaban J connectivity index is 1.90. The minimum absolute atomic E-state index is 0.157. The molecule has 19 heavy (non-hydrogen) atoms. The first kappa shape index (κ1) is 13.6. The Morgan fingerprint density at radius 3 is 2.58 bits per heavy atom. The zero-order chi connectivity index (χ0) is 14.0. The van der Waals surface area contributed by atoms with Gasteiger partial charge in [0.25, 0.3) is 0 Å². The normalized spacial score (nSPS) is 20.9. The van der Waals surface area contributed by atoms with Gasteiger partial charge >= 0.3 is 5.97 Å². The number of hydrogen-bond acceptors (Lipinski definition) is 3. The van der Waals surface area contributed by atoms with E-state index in [0.29, 0.717) is 5.56 Å². The molecular weight excluding hydrogens is 240 g/mol. The van der Waals surface area contributed by atoms with Gasteiger partial charge in [0.15, 0.2) is 0 Å². The maximum atomic E-state index is 10.7. The van der Waals surface area contributed by atoms with Gasteiger partial charge in [0.2, 0.25) is 0 Å². The Morgan fingerprint density at radius 2 is 2.11 bits per heavy atom. The third-order valence-corrected chi connectivity index (χ3v) is 3.77. The fraction of sp³-hybridized carbons (Fsp3) is 0.467. The highest BCUT2D eigenvalue weighted by molar-refractivity contribution is 5.73. The lowest BCUT2D eigenvalue weighted by Gasteiger charge is -2.11. The first-order valence-corrected chi connectivity index (χ1v) is 6.46. The van der Waals surface area contributed by atoms with Crippen molar-refractivity contribution in [1.82, 2.24) is 5.32 Å². The highest BCUT2D eigenvalue weighted by atomic mass is 16.4. The molecule has 0 saturated heterocycles. The average molecular weight is 258 g/mol. The van der Waals surface area contributed by atoms with Gasteiger partial charge < -0.3 is 10.4 Å². The van der Waals surface area contributed by atoms with E-state index in [4.69, 9.17) is 10.4 Å². The Hall–Kier alpha value is -1.86. The molecule has 0 unspecified atom stereocenters. The second-order valence-corrected chi connectivity index (χ2v) is 5.27. The molecule has 4 heteroatoms. The van der Waals surface area contributed by atoms with Crippen LogP contribution in [0.15, 0.2) is 12.1 Å². The summed E-state index contributed by atoms with van der Waals surface area (Å²) in [6.07, 6.45) is 0.785. The van der Waals surface area contributed by atoms with E-state index in [-0.39, 0.29) is 11.8 Å². The van der Waals surface area contributed by atoms with Crippen molar-refractivity contribution in [3.05, 3.63) is 34.4 Å². The van der Waals surface area contributed by atoms with Crippen LogP contribution in [0, 0.1) is 37.0 Å². The molecule has 1 aliphatic rings. The Kier molecular flexibility index (Phi) is 3.87. The van der Waals surface area contributed by atoms with Crippen molar-refractivity contribution in [3.8, 4) is 6.07 Å². The number of rotatable bonds is 5. The van der Waals surface area contributed by atoms with Crippen LogP contribution >= 0.6 is 0 Å². The minimum atomic E-state index is -0.683. The van der Waals surface area contributed by atoms with E-state index in [9.17, 15) is 4.79 Å². The van der Waals surface area contributed by atoms with Crippen LogP contribution in [-0.4, -0.2) is 17.6 Å². The summed E-state index contributed by atoms with van der Waals surface area (Å²) in [5.74, 6) is -0.565. The zero-order valence-electron chi connectivity index (χ0n) is 11.2. The number of carboxylic acids is 1. The summed E-state index contributed by atoms with van der Waals surface area (Å²) >= 11 is 0. The van der Waals surface area contributed by atoms with E-state index < -0.39 is 5.97 Å². The van der Waals surface area contributed by atoms with E-state index in [1.165, 1.54) is 5.56 Å². The summed E-state index contributed by atoms with van der Waals surface area (Å²) in [6.45, 7) is 5.48. The summed E-state index contributed by atoms with van der Waals surface area (Å²) in [5.41, 5.74) is 4.10. The second kappa shape index (κ2) is 5.41. The first-order valence-electron chi connectivity index (χ1n) is 6.46. The van der Waals surface area contributed by atoms with Crippen molar-refractivity contribution in [2.24, 2.45) is 11.8 Å². The molecule has 2 rings (SSSR count).